The van der Waals surface area contributed by atoms with E-state index >= 15 is 0 Å². The van der Waals surface area contributed by atoms with Crippen LogP contribution in [0.5, 0.6) is 0 Å². The minimum atomic E-state index is -0.402. The van der Waals surface area contributed by atoms with Crippen molar-refractivity contribution in [2.75, 3.05) is 10.6 Å². The van der Waals surface area contributed by atoms with Gasteiger partial charge >= 0.3 is 0 Å². The van der Waals surface area contributed by atoms with Crippen molar-refractivity contribution in [1.29, 1.82) is 0 Å². The quantitative estimate of drug-likeness (QED) is 0.402. The zero-order chi connectivity index (χ0) is 21.5. The molecule has 3 heterocycles. The van der Waals surface area contributed by atoms with Crippen LogP contribution in [0.1, 0.15) is 30.4 Å². The molecular weight excluding hydrogens is 423 g/mol. The highest BCUT2D eigenvalue weighted by atomic mass is 35.5. The van der Waals surface area contributed by atoms with Gasteiger partial charge in [-0.15, -0.1) is 0 Å². The largest absolute Gasteiger partial charge is 0.367 e. The van der Waals surface area contributed by atoms with E-state index in [0.29, 0.717) is 40.2 Å². The monoisotopic (exact) mass is 440 g/mol. The first-order chi connectivity index (χ1) is 15.0. The molecule has 1 aliphatic carbocycles. The fraction of sp³-hybridized carbons (Fsp3) is 0.238. The number of carbonyl (C=O) groups excluding carboxylic acids is 2. The molecule has 158 valence electrons. The molecule has 0 bridgehead atoms. The van der Waals surface area contributed by atoms with Crippen molar-refractivity contribution in [3.8, 4) is 0 Å². The van der Waals surface area contributed by atoms with E-state index in [1.54, 1.807) is 22.9 Å². The van der Waals surface area contributed by atoms with Gasteiger partial charge in [0.15, 0.2) is 5.65 Å². The lowest BCUT2D eigenvalue weighted by atomic mass is 10.1. The highest BCUT2D eigenvalue weighted by Gasteiger charge is 2.25. The van der Waals surface area contributed by atoms with E-state index in [1.165, 1.54) is 12.1 Å². The normalized spacial score (nSPS) is 17.4. The van der Waals surface area contributed by atoms with Crippen LogP contribution in [0.3, 0.4) is 0 Å². The number of fused-ring (bicyclic) bond motifs is 1. The maximum absolute atomic E-state index is 13.3. The van der Waals surface area contributed by atoms with Gasteiger partial charge in [-0.25, -0.2) is 9.37 Å². The fourth-order valence-corrected chi connectivity index (χ4v) is 3.61. The number of rotatable bonds is 6. The summed E-state index contributed by atoms with van der Waals surface area (Å²) >= 11 is 6.13. The molecular formula is C21H18ClFN6O2. The van der Waals surface area contributed by atoms with Gasteiger partial charge in [0, 0.05) is 34.8 Å². The van der Waals surface area contributed by atoms with Gasteiger partial charge < -0.3 is 10.6 Å². The van der Waals surface area contributed by atoms with Gasteiger partial charge in [0.05, 0.1) is 12.6 Å². The van der Waals surface area contributed by atoms with Gasteiger partial charge in [-0.1, -0.05) is 17.7 Å². The summed E-state index contributed by atoms with van der Waals surface area (Å²) in [5.74, 6) is 0.215. The lowest BCUT2D eigenvalue weighted by Crippen LogP contribution is -2.19. The fourth-order valence-electron chi connectivity index (χ4n) is 3.37. The second-order valence-electron chi connectivity index (χ2n) is 7.59. The summed E-state index contributed by atoms with van der Waals surface area (Å²) < 4.78 is 15.0. The van der Waals surface area contributed by atoms with E-state index in [0.717, 1.165) is 24.2 Å². The molecule has 8 nitrogen and oxygen atoms in total. The number of carbonyl (C=O) groups is 2. The molecule has 3 aromatic rings. The van der Waals surface area contributed by atoms with Crippen LogP contribution >= 0.6 is 11.6 Å². The molecule has 1 aliphatic heterocycles. The third-order valence-electron chi connectivity index (χ3n) is 5.13. The molecule has 0 spiro atoms. The molecule has 2 fully saturated rings. The van der Waals surface area contributed by atoms with Crippen LogP contribution < -0.4 is 16.0 Å². The van der Waals surface area contributed by atoms with E-state index in [9.17, 15) is 14.0 Å². The lowest BCUT2D eigenvalue weighted by Gasteiger charge is -2.12. The summed E-state index contributed by atoms with van der Waals surface area (Å²) in [7, 11) is 0. The van der Waals surface area contributed by atoms with E-state index in [4.69, 9.17) is 11.6 Å². The molecule has 1 aromatic carbocycles. The van der Waals surface area contributed by atoms with Crippen LogP contribution in [0, 0.1) is 5.82 Å². The third-order valence-corrected chi connectivity index (χ3v) is 5.48. The minimum absolute atomic E-state index is 0.0321. The number of anilines is 2. The summed E-state index contributed by atoms with van der Waals surface area (Å²) in [6.07, 6.45) is 5.45. The second kappa shape index (κ2) is 7.66. The Morgan fingerprint density at radius 1 is 1.29 bits per heavy atom. The third kappa shape index (κ3) is 4.09. The Bertz CT molecular complexity index is 1250. The summed E-state index contributed by atoms with van der Waals surface area (Å²) in [5.41, 5.74) is 2.27. The number of halogens is 2. The zero-order valence-electron chi connectivity index (χ0n) is 16.3. The van der Waals surface area contributed by atoms with Gasteiger partial charge in [-0.3, -0.25) is 14.9 Å². The zero-order valence-corrected chi connectivity index (χ0v) is 17.0. The first kappa shape index (κ1) is 19.5. The van der Waals surface area contributed by atoms with Crippen molar-refractivity contribution in [2.45, 2.75) is 31.8 Å². The maximum Gasteiger partial charge on any atom is 0.254 e. The Hall–Kier alpha value is -3.46. The average Bonchev–Trinajstić information content (AvgIpc) is 3.36. The van der Waals surface area contributed by atoms with E-state index in [2.05, 4.69) is 26.0 Å². The van der Waals surface area contributed by atoms with Crippen LogP contribution in [0.2, 0.25) is 5.02 Å². The molecule has 2 aromatic heterocycles. The molecule has 2 amide bonds. The highest BCUT2D eigenvalue weighted by molar-refractivity contribution is 6.31. The Balaban J connectivity index is 1.49. The molecule has 1 saturated heterocycles. The van der Waals surface area contributed by atoms with Gasteiger partial charge in [0.2, 0.25) is 5.91 Å². The number of hydrogen-bond donors (Lipinski definition) is 3. The molecule has 2 aliphatic rings. The van der Waals surface area contributed by atoms with Crippen LogP contribution in [0.25, 0.3) is 11.7 Å². The lowest BCUT2D eigenvalue weighted by molar-refractivity contribution is -0.124. The first-order valence-corrected chi connectivity index (χ1v) is 10.2. The van der Waals surface area contributed by atoms with Crippen molar-refractivity contribution in [2.24, 2.45) is 0 Å². The molecule has 0 atom stereocenters. The smallest absolute Gasteiger partial charge is 0.254 e. The molecule has 3 N–H and O–H groups in total. The van der Waals surface area contributed by atoms with Crippen LogP contribution in [-0.2, 0) is 16.1 Å². The van der Waals surface area contributed by atoms with Crippen molar-refractivity contribution in [3.63, 3.8) is 0 Å². The Morgan fingerprint density at radius 2 is 2.13 bits per heavy atom. The number of imide groups is 1. The van der Waals surface area contributed by atoms with Gasteiger partial charge in [-0.2, -0.15) is 9.61 Å². The minimum Gasteiger partial charge on any atom is -0.367 e. The van der Waals surface area contributed by atoms with E-state index in [1.807, 2.05) is 6.07 Å². The number of nitrogens with zero attached hydrogens (tertiary/aromatic N) is 3. The Labute approximate surface area is 181 Å². The van der Waals surface area contributed by atoms with Crippen LogP contribution in [0.15, 0.2) is 36.0 Å². The van der Waals surface area contributed by atoms with Gasteiger partial charge in [0.1, 0.15) is 17.5 Å². The Kier molecular flexibility index (Phi) is 4.82. The van der Waals surface area contributed by atoms with Gasteiger partial charge in [-0.05, 0) is 36.6 Å². The van der Waals surface area contributed by atoms with Crippen LogP contribution in [0.4, 0.5) is 16.0 Å². The number of hydrogen-bond acceptors (Lipinski definition) is 6. The maximum atomic E-state index is 13.3. The summed E-state index contributed by atoms with van der Waals surface area (Å²) in [5, 5.41) is 13.7. The Morgan fingerprint density at radius 3 is 2.84 bits per heavy atom. The second-order valence-corrected chi connectivity index (χ2v) is 8.00. The van der Waals surface area contributed by atoms with E-state index in [-0.39, 0.29) is 12.3 Å². The SMILES string of the molecule is O=C1C/C(=C\c2cnn3c(NC4CC4)cc(NCc4ccc(F)cc4Cl)nc23)C(=O)N1. The number of nitrogens with one attached hydrogen (secondary N) is 3. The van der Waals surface area contributed by atoms with Crippen molar-refractivity contribution in [1.82, 2.24) is 19.9 Å². The van der Waals surface area contributed by atoms with Crippen molar-refractivity contribution < 1.29 is 14.0 Å². The number of aromatic nitrogens is 3. The molecule has 0 radical (unpaired) electrons. The first-order valence-electron chi connectivity index (χ1n) is 9.84. The summed E-state index contributed by atoms with van der Waals surface area (Å²) in [6, 6.07) is 6.48. The summed E-state index contributed by atoms with van der Waals surface area (Å²) in [6.45, 7) is 0.354. The van der Waals surface area contributed by atoms with Gasteiger partial charge in [0.25, 0.3) is 5.91 Å². The predicted octanol–water partition coefficient (Wildman–Crippen LogP) is 3.14. The molecule has 31 heavy (non-hydrogen) atoms. The standard InChI is InChI=1S/C21H18ClFN6O2/c22-16-7-14(23)2-1-11(16)9-24-17-8-18(26-15-3-4-15)29-20(27-17)13(10-25-29)5-12-6-19(30)28-21(12)31/h1-2,5,7-8,10,15,26H,3-4,6,9H2,(H,24,27)(H,28,30,31)/b12-5+. The molecule has 10 heteroatoms. The highest BCUT2D eigenvalue weighted by Crippen LogP contribution is 2.28. The number of amides is 2. The van der Waals surface area contributed by atoms with Crippen molar-refractivity contribution in [3.05, 3.63) is 58.0 Å². The number of benzene rings is 1. The van der Waals surface area contributed by atoms with Crippen molar-refractivity contribution >= 4 is 46.8 Å². The molecule has 1 saturated carbocycles. The molecule has 0 unspecified atom stereocenters. The van der Waals surface area contributed by atoms with E-state index < -0.39 is 11.7 Å². The summed E-state index contributed by atoms with van der Waals surface area (Å²) in [4.78, 5) is 28.1. The van der Waals surface area contributed by atoms with Crippen LogP contribution in [-0.4, -0.2) is 32.5 Å². The average molecular weight is 441 g/mol. The molecule has 5 rings (SSSR count). The topological polar surface area (TPSA) is 100 Å². The predicted molar refractivity (Wildman–Crippen MR) is 114 cm³/mol.